The minimum atomic E-state index is 0.109. The third kappa shape index (κ3) is 6.01. The molecule has 1 aromatic rings. The molecule has 1 aromatic carbocycles. The summed E-state index contributed by atoms with van der Waals surface area (Å²) in [5.74, 6) is 0. The average molecular weight is 264 g/mol. The summed E-state index contributed by atoms with van der Waals surface area (Å²) < 4.78 is 0. The van der Waals surface area contributed by atoms with Crippen molar-refractivity contribution >= 4 is 13.2 Å². The van der Waals surface area contributed by atoms with Crippen molar-refractivity contribution in [1.82, 2.24) is 0 Å². The van der Waals surface area contributed by atoms with E-state index in [2.05, 4.69) is 45.0 Å². The van der Waals surface area contributed by atoms with E-state index in [0.29, 0.717) is 0 Å². The van der Waals surface area contributed by atoms with Gasteiger partial charge in [0.15, 0.2) is 0 Å². The summed E-state index contributed by atoms with van der Waals surface area (Å²) in [4.78, 5) is 0. The molecule has 0 saturated heterocycles. The summed E-state index contributed by atoms with van der Waals surface area (Å²) in [6, 6.07) is 9.30. The molecule has 1 atom stereocenters. The second-order valence-corrected chi connectivity index (χ2v) is 7.73. The van der Waals surface area contributed by atoms with Gasteiger partial charge in [-0.1, -0.05) is 77.3 Å². The van der Waals surface area contributed by atoms with Gasteiger partial charge in [-0.2, -0.15) is 0 Å². The molecule has 0 nitrogen and oxygen atoms in total. The van der Waals surface area contributed by atoms with Crippen molar-refractivity contribution in [2.45, 2.75) is 59.3 Å². The van der Waals surface area contributed by atoms with Crippen molar-refractivity contribution in [1.29, 1.82) is 0 Å². The van der Waals surface area contributed by atoms with Gasteiger partial charge in [-0.05, 0) is 37.4 Å². The molecule has 0 bridgehead atoms. The Balaban J connectivity index is 2.51. The Hall–Kier alpha value is -0.350. The van der Waals surface area contributed by atoms with Crippen molar-refractivity contribution in [2.75, 3.05) is 12.3 Å². The summed E-state index contributed by atoms with van der Waals surface area (Å²) in [6.45, 7) is 6.78. The van der Waals surface area contributed by atoms with Crippen molar-refractivity contribution < 1.29 is 0 Å². The Morgan fingerprint density at radius 2 is 1.39 bits per heavy atom. The maximum Gasteiger partial charge on any atom is -0.0240 e. The quantitative estimate of drug-likeness (QED) is 0.409. The van der Waals surface area contributed by atoms with Gasteiger partial charge in [0.1, 0.15) is 0 Å². The Labute approximate surface area is 115 Å². The zero-order valence-electron chi connectivity index (χ0n) is 12.4. The van der Waals surface area contributed by atoms with E-state index in [0.717, 1.165) is 0 Å². The van der Waals surface area contributed by atoms with Crippen molar-refractivity contribution in [3.8, 4) is 0 Å². The van der Waals surface area contributed by atoms with Crippen LogP contribution >= 0.6 is 7.92 Å². The number of aryl methyl sites for hydroxylation is 1. The van der Waals surface area contributed by atoms with Gasteiger partial charge >= 0.3 is 0 Å². The van der Waals surface area contributed by atoms with E-state index < -0.39 is 0 Å². The molecule has 18 heavy (non-hydrogen) atoms. The molecule has 0 aliphatic heterocycles. The fraction of sp³-hybridized carbons (Fsp3) is 0.647. The average Bonchev–Trinajstić information content (AvgIpc) is 2.39. The highest BCUT2D eigenvalue weighted by Gasteiger charge is 2.09. The number of benzene rings is 1. The van der Waals surface area contributed by atoms with Crippen LogP contribution in [0.3, 0.4) is 0 Å². The van der Waals surface area contributed by atoms with Crippen molar-refractivity contribution in [2.24, 2.45) is 0 Å². The molecule has 0 aliphatic rings. The summed E-state index contributed by atoms with van der Waals surface area (Å²) in [6.07, 6.45) is 11.2. The second-order valence-electron chi connectivity index (χ2n) is 5.24. The first-order chi connectivity index (χ1) is 8.77. The van der Waals surface area contributed by atoms with Gasteiger partial charge in [0.05, 0.1) is 0 Å². The molecular weight excluding hydrogens is 235 g/mol. The molecule has 0 fully saturated rings. The van der Waals surface area contributed by atoms with Crippen molar-refractivity contribution in [3.05, 3.63) is 29.8 Å². The largest absolute Gasteiger partial charge is 0.0753 e. The molecule has 0 aromatic heterocycles. The predicted octanol–water partition coefficient (Wildman–Crippen LogP) is 5.48. The van der Waals surface area contributed by atoms with E-state index in [9.17, 15) is 0 Å². The number of hydrogen-bond acceptors (Lipinski definition) is 0. The molecule has 0 radical (unpaired) electrons. The fourth-order valence-corrected chi connectivity index (χ4v) is 4.82. The molecule has 1 unspecified atom stereocenters. The minimum Gasteiger partial charge on any atom is -0.0753 e. The van der Waals surface area contributed by atoms with Crippen LogP contribution in [0, 0.1) is 6.92 Å². The monoisotopic (exact) mass is 264 g/mol. The van der Waals surface area contributed by atoms with Crippen LogP contribution in [0.4, 0.5) is 0 Å². The Morgan fingerprint density at radius 3 is 2.00 bits per heavy atom. The third-order valence-corrected chi connectivity index (χ3v) is 6.20. The summed E-state index contributed by atoms with van der Waals surface area (Å²) in [5, 5.41) is 1.63. The third-order valence-electron chi connectivity index (χ3n) is 3.46. The van der Waals surface area contributed by atoms with Gasteiger partial charge < -0.3 is 0 Å². The molecule has 0 amide bonds. The SMILES string of the molecule is CCCCCCP(CCCC)c1ccc(C)cc1. The first-order valence-electron chi connectivity index (χ1n) is 7.59. The van der Waals surface area contributed by atoms with Gasteiger partial charge in [-0.25, -0.2) is 0 Å². The molecule has 0 aliphatic carbocycles. The number of rotatable bonds is 9. The smallest absolute Gasteiger partial charge is 0.0240 e. The maximum absolute atomic E-state index is 2.37. The zero-order chi connectivity index (χ0) is 13.2. The molecule has 0 spiro atoms. The van der Waals surface area contributed by atoms with E-state index >= 15 is 0 Å². The highest BCUT2D eigenvalue weighted by Crippen LogP contribution is 2.37. The lowest BCUT2D eigenvalue weighted by Crippen LogP contribution is -2.06. The van der Waals surface area contributed by atoms with Crippen LogP contribution < -0.4 is 5.30 Å². The van der Waals surface area contributed by atoms with E-state index in [1.165, 1.54) is 56.4 Å². The lowest BCUT2D eigenvalue weighted by Gasteiger charge is -2.18. The number of unbranched alkanes of at least 4 members (excludes halogenated alkanes) is 4. The Bertz CT molecular complexity index is 302. The first-order valence-corrected chi connectivity index (χ1v) is 9.30. The summed E-state index contributed by atoms with van der Waals surface area (Å²) in [5.41, 5.74) is 1.38. The van der Waals surface area contributed by atoms with Crippen LogP contribution in [-0.4, -0.2) is 12.3 Å². The molecule has 0 N–H and O–H groups in total. The molecular formula is C17H29P. The van der Waals surface area contributed by atoms with Crippen molar-refractivity contribution in [3.63, 3.8) is 0 Å². The van der Waals surface area contributed by atoms with Crippen LogP contribution in [0.25, 0.3) is 0 Å². The van der Waals surface area contributed by atoms with E-state index in [4.69, 9.17) is 0 Å². The van der Waals surface area contributed by atoms with Gasteiger partial charge in [0.25, 0.3) is 0 Å². The first kappa shape index (κ1) is 15.7. The second kappa shape index (κ2) is 9.56. The normalized spacial score (nSPS) is 12.6. The molecule has 1 rings (SSSR count). The van der Waals surface area contributed by atoms with Crippen LogP contribution in [0.15, 0.2) is 24.3 Å². The van der Waals surface area contributed by atoms with Gasteiger partial charge in [-0.15, -0.1) is 0 Å². The van der Waals surface area contributed by atoms with Gasteiger partial charge in [-0.3, -0.25) is 0 Å². The Kier molecular flexibility index (Phi) is 8.34. The predicted molar refractivity (Wildman–Crippen MR) is 86.5 cm³/mol. The van der Waals surface area contributed by atoms with Crippen LogP contribution in [-0.2, 0) is 0 Å². The van der Waals surface area contributed by atoms with E-state index in [1.54, 1.807) is 5.30 Å². The standard InChI is InChI=1S/C17H29P/c1-4-6-8-9-15-18(14-7-5-2)17-12-10-16(3)11-13-17/h10-13H,4-9,14-15H2,1-3H3. The lowest BCUT2D eigenvalue weighted by molar-refractivity contribution is 0.704. The lowest BCUT2D eigenvalue weighted by atomic mass is 10.2. The van der Waals surface area contributed by atoms with Crippen LogP contribution in [0.2, 0.25) is 0 Å². The molecule has 102 valence electrons. The fourth-order valence-electron chi connectivity index (χ4n) is 2.20. The highest BCUT2D eigenvalue weighted by atomic mass is 31.1. The topological polar surface area (TPSA) is 0 Å². The Morgan fingerprint density at radius 1 is 0.778 bits per heavy atom. The minimum absolute atomic E-state index is 0.109. The maximum atomic E-state index is 2.37. The summed E-state index contributed by atoms with van der Waals surface area (Å²) in [7, 11) is 0.109. The molecule has 1 heteroatoms. The summed E-state index contributed by atoms with van der Waals surface area (Å²) >= 11 is 0. The van der Waals surface area contributed by atoms with E-state index in [1.807, 2.05) is 0 Å². The van der Waals surface area contributed by atoms with Crippen LogP contribution in [0.1, 0.15) is 57.9 Å². The highest BCUT2D eigenvalue weighted by molar-refractivity contribution is 7.65. The van der Waals surface area contributed by atoms with Crippen LogP contribution in [0.5, 0.6) is 0 Å². The molecule has 0 heterocycles. The number of hydrogen-bond donors (Lipinski definition) is 0. The van der Waals surface area contributed by atoms with Gasteiger partial charge in [0.2, 0.25) is 0 Å². The zero-order valence-corrected chi connectivity index (χ0v) is 13.3. The molecule has 0 saturated carbocycles. The van der Waals surface area contributed by atoms with E-state index in [-0.39, 0.29) is 7.92 Å². The van der Waals surface area contributed by atoms with Gasteiger partial charge in [0, 0.05) is 0 Å².